The van der Waals surface area contributed by atoms with Gasteiger partial charge in [-0.1, -0.05) is 62.4 Å². The number of alkyl carbamates (subject to hydrolysis) is 1. The lowest BCUT2D eigenvalue weighted by atomic mass is 9.46. The third-order valence-corrected chi connectivity index (χ3v) is 12.2. The first kappa shape index (κ1) is 39.6. The predicted octanol–water partition coefficient (Wildman–Crippen LogP) is 3.57. The molecule has 1 aliphatic heterocycles. The third kappa shape index (κ3) is 6.63. The second-order valence-corrected chi connectivity index (χ2v) is 16.8. The number of carbonyl (C=O) groups is 4. The van der Waals surface area contributed by atoms with E-state index in [0.29, 0.717) is 5.56 Å². The van der Waals surface area contributed by atoms with Gasteiger partial charge in [-0.05, 0) is 63.5 Å². The Balaban J connectivity index is 1.43. The molecule has 11 atom stereocenters. The van der Waals surface area contributed by atoms with Crippen LogP contribution in [0.4, 0.5) is 4.79 Å². The summed E-state index contributed by atoms with van der Waals surface area (Å²) in [6.07, 6.45) is -9.62. The minimum Gasteiger partial charge on any atom is -0.456 e. The van der Waals surface area contributed by atoms with Gasteiger partial charge in [-0.2, -0.15) is 0 Å². The average Bonchev–Trinajstić information content (AvgIpc) is 3.10. The molecule has 13 heteroatoms. The Morgan fingerprint density at radius 2 is 1.57 bits per heavy atom. The van der Waals surface area contributed by atoms with Crippen LogP contribution in [0.1, 0.15) is 83.3 Å². The summed E-state index contributed by atoms with van der Waals surface area (Å²) in [5.74, 6) is -4.15. The fourth-order valence-corrected chi connectivity index (χ4v) is 9.11. The van der Waals surface area contributed by atoms with Gasteiger partial charge in [-0.3, -0.25) is 4.79 Å². The van der Waals surface area contributed by atoms with Gasteiger partial charge in [0.05, 0.1) is 35.8 Å². The number of rotatable bonds is 7. The Labute approximate surface area is 314 Å². The van der Waals surface area contributed by atoms with Gasteiger partial charge in [0.1, 0.15) is 29.5 Å². The van der Waals surface area contributed by atoms with Gasteiger partial charge in [0, 0.05) is 30.1 Å². The molecule has 2 aromatic carbocycles. The van der Waals surface area contributed by atoms with Crippen molar-refractivity contribution in [3.8, 4) is 0 Å². The highest BCUT2D eigenvalue weighted by atomic mass is 16.6. The van der Waals surface area contributed by atoms with E-state index >= 15 is 0 Å². The van der Waals surface area contributed by atoms with Gasteiger partial charge in [-0.15, -0.1) is 0 Å². The van der Waals surface area contributed by atoms with Crippen LogP contribution in [-0.2, 0) is 28.5 Å². The second-order valence-electron chi connectivity index (χ2n) is 16.8. The number of aliphatic hydroxyl groups excluding tert-OH is 3. The first-order valence-corrected chi connectivity index (χ1v) is 18.4. The number of carbonyl (C=O) groups excluding carboxylic acids is 4. The molecule has 2 bridgehead atoms. The lowest BCUT2D eigenvalue weighted by molar-refractivity contribution is -0.277. The number of esters is 2. The van der Waals surface area contributed by atoms with Crippen molar-refractivity contribution >= 4 is 23.8 Å². The summed E-state index contributed by atoms with van der Waals surface area (Å²) in [7, 11) is 0. The van der Waals surface area contributed by atoms with Crippen molar-refractivity contribution in [3.63, 3.8) is 0 Å². The van der Waals surface area contributed by atoms with Crippen molar-refractivity contribution in [2.75, 3.05) is 6.61 Å². The maximum Gasteiger partial charge on any atom is 0.408 e. The zero-order chi connectivity index (χ0) is 39.5. The highest BCUT2D eigenvalue weighted by molar-refractivity contribution is 5.94. The number of benzene rings is 2. The summed E-state index contributed by atoms with van der Waals surface area (Å²) in [4.78, 5) is 55.4. The van der Waals surface area contributed by atoms with E-state index in [1.54, 1.807) is 102 Å². The molecule has 4 aliphatic rings. The van der Waals surface area contributed by atoms with Crippen molar-refractivity contribution in [1.29, 1.82) is 0 Å². The van der Waals surface area contributed by atoms with Crippen LogP contribution in [0, 0.1) is 22.7 Å². The molecule has 6 rings (SSSR count). The molecular formula is C41H51NO12. The summed E-state index contributed by atoms with van der Waals surface area (Å²) in [6, 6.07) is 15.1. The molecule has 3 aliphatic carbocycles. The van der Waals surface area contributed by atoms with Crippen LogP contribution < -0.4 is 5.32 Å². The number of hydrogen-bond donors (Lipinski definition) is 5. The van der Waals surface area contributed by atoms with E-state index < -0.39 is 100 Å². The summed E-state index contributed by atoms with van der Waals surface area (Å²) < 4.78 is 23.5. The molecule has 1 saturated heterocycles. The zero-order valence-corrected chi connectivity index (χ0v) is 31.6. The molecule has 54 heavy (non-hydrogen) atoms. The maximum absolute atomic E-state index is 14.7. The highest BCUT2D eigenvalue weighted by Gasteiger charge is 2.72. The number of ether oxygens (including phenoxy) is 4. The molecule has 0 unspecified atom stereocenters. The van der Waals surface area contributed by atoms with Crippen molar-refractivity contribution in [2.24, 2.45) is 22.7 Å². The van der Waals surface area contributed by atoms with Gasteiger partial charge in [0.2, 0.25) is 0 Å². The van der Waals surface area contributed by atoms with Crippen LogP contribution in [0.3, 0.4) is 0 Å². The summed E-state index contributed by atoms with van der Waals surface area (Å²) >= 11 is 0. The van der Waals surface area contributed by atoms with Crippen LogP contribution in [0.5, 0.6) is 0 Å². The third-order valence-electron chi connectivity index (χ3n) is 12.2. The zero-order valence-electron chi connectivity index (χ0n) is 31.6. The van der Waals surface area contributed by atoms with Crippen LogP contribution in [-0.4, -0.2) is 98.7 Å². The molecule has 2 saturated carbocycles. The predicted molar refractivity (Wildman–Crippen MR) is 193 cm³/mol. The molecule has 1 amide bonds. The van der Waals surface area contributed by atoms with E-state index in [4.69, 9.17) is 18.9 Å². The molecule has 0 spiro atoms. The van der Waals surface area contributed by atoms with Gasteiger partial charge in [0.25, 0.3) is 0 Å². The van der Waals surface area contributed by atoms with Crippen LogP contribution in [0.25, 0.3) is 0 Å². The Hall–Kier alpha value is -4.14. The number of ketones is 1. The highest BCUT2D eigenvalue weighted by Crippen LogP contribution is 2.62. The Bertz CT molecular complexity index is 1800. The number of nitrogens with one attached hydrogen (secondary N) is 1. The fourth-order valence-electron chi connectivity index (χ4n) is 9.11. The molecule has 0 aromatic heterocycles. The van der Waals surface area contributed by atoms with Crippen molar-refractivity contribution in [2.45, 2.75) is 115 Å². The van der Waals surface area contributed by atoms with Crippen molar-refractivity contribution in [3.05, 3.63) is 82.9 Å². The number of amides is 1. The van der Waals surface area contributed by atoms with E-state index in [1.165, 1.54) is 6.92 Å². The largest absolute Gasteiger partial charge is 0.456 e. The van der Waals surface area contributed by atoms with Gasteiger partial charge < -0.3 is 44.7 Å². The minimum absolute atomic E-state index is 0.0413. The van der Waals surface area contributed by atoms with Gasteiger partial charge in [-0.25, -0.2) is 14.4 Å². The number of Topliss-reactive ketones (excluding diaryl/α,β-unsaturated/α-hetero) is 1. The van der Waals surface area contributed by atoms with E-state index in [2.05, 4.69) is 5.32 Å². The molecule has 2 aromatic rings. The van der Waals surface area contributed by atoms with Crippen LogP contribution >= 0.6 is 0 Å². The SMILES string of the molecule is CC1=C2[C@@H](O)C(=O)[C@@]3(C)[C@@H]([C@@H]4CO[C@@H]4C[C@@H]3O)[C@H](OC(=O)c3ccccc3)[C@](O)(C[C@@H]1OC(=O)[C@H](O)[C@H](NC(=O)OC(C)(C)C)c1ccccc1)C2(C)C. The quantitative estimate of drug-likeness (QED) is 0.157. The minimum atomic E-state index is -2.12. The first-order valence-electron chi connectivity index (χ1n) is 18.4. The van der Waals surface area contributed by atoms with Crippen LogP contribution in [0.2, 0.25) is 0 Å². The lowest BCUT2D eigenvalue weighted by Gasteiger charge is -2.64. The van der Waals surface area contributed by atoms with E-state index in [1.807, 2.05) is 0 Å². The normalized spacial score (nSPS) is 34.1. The summed E-state index contributed by atoms with van der Waals surface area (Å²) in [6.45, 7) is 11.5. The molecular weight excluding hydrogens is 698 g/mol. The second kappa shape index (κ2) is 14.2. The van der Waals surface area contributed by atoms with Crippen LogP contribution in [0.15, 0.2) is 71.8 Å². The molecule has 0 radical (unpaired) electrons. The Kier molecular flexibility index (Phi) is 10.4. The van der Waals surface area contributed by atoms with Crippen molar-refractivity contribution in [1.82, 2.24) is 5.32 Å². The molecule has 5 N–H and O–H groups in total. The smallest absolute Gasteiger partial charge is 0.408 e. The number of aliphatic hydroxyl groups is 4. The summed E-state index contributed by atoms with van der Waals surface area (Å²) in [5, 5.41) is 50.9. The van der Waals surface area contributed by atoms with Gasteiger partial charge >= 0.3 is 18.0 Å². The Morgan fingerprint density at radius 3 is 2.15 bits per heavy atom. The Morgan fingerprint density at radius 1 is 0.963 bits per heavy atom. The summed E-state index contributed by atoms with van der Waals surface area (Å²) in [5.41, 5.74) is -5.31. The molecule has 13 nitrogen and oxygen atoms in total. The van der Waals surface area contributed by atoms with Crippen molar-refractivity contribution < 1.29 is 58.6 Å². The van der Waals surface area contributed by atoms with Gasteiger partial charge in [0.15, 0.2) is 11.9 Å². The maximum atomic E-state index is 14.7. The standard InChI is InChI=1S/C41H51NO12/c1-21-26(52-36(48)32(45)30(22-14-10-8-11-15-22)42-37(49)54-38(2,3)4)19-41(50)34(53-35(47)23-16-12-9-13-17-23)29-24-20-51-25(24)18-27(43)40(29,7)33(46)31(44)28(21)39(41,5)6/h8-17,24-27,29-32,34,43-45,50H,18-20H2,1-7H3,(H,42,49)/t24-,25-,26+,27+,29+,30-,31-,32-,34+,40-,41-/m1/s1. The van der Waals surface area contributed by atoms with E-state index in [0.717, 1.165) is 0 Å². The monoisotopic (exact) mass is 749 g/mol. The topological polar surface area (TPSA) is 198 Å². The molecule has 292 valence electrons. The van der Waals surface area contributed by atoms with E-state index in [-0.39, 0.29) is 36.2 Å². The molecule has 3 fully saturated rings. The fraction of sp³-hybridized carbons (Fsp3) is 0.561. The number of hydrogen-bond acceptors (Lipinski definition) is 12. The average molecular weight is 750 g/mol. The van der Waals surface area contributed by atoms with E-state index in [9.17, 15) is 39.6 Å². The lowest BCUT2D eigenvalue weighted by Crippen LogP contribution is -2.75. The molecule has 1 heterocycles. The number of fused-ring (bicyclic) bond motifs is 5. The first-order chi connectivity index (χ1) is 25.2.